The fourth-order valence-electron chi connectivity index (χ4n) is 2.90. The molecule has 4 rings (SSSR count). The lowest BCUT2D eigenvalue weighted by Gasteiger charge is -2.37. The zero-order chi connectivity index (χ0) is 15.8. The molecule has 3 aromatic rings. The number of thiophene rings is 1. The average molecular weight is 329 g/mol. The van der Waals surface area contributed by atoms with Crippen LogP contribution in [0.3, 0.4) is 0 Å². The number of pyridine rings is 1. The third-order valence-electron chi connectivity index (χ3n) is 4.22. The molecule has 3 aromatic heterocycles. The molecule has 1 aliphatic carbocycles. The predicted molar refractivity (Wildman–Crippen MR) is 84.0 cm³/mol. The molecular weight excluding hydrogens is 314 g/mol. The van der Waals surface area contributed by atoms with Crippen molar-refractivity contribution >= 4 is 22.9 Å². The SMILES string of the molecule is O=C(N[C@H](c1cccs1)C1CC(O)C1)c1ccn2nnnc2c1. The largest absolute Gasteiger partial charge is 0.393 e. The summed E-state index contributed by atoms with van der Waals surface area (Å²) in [5, 5.41) is 25.9. The van der Waals surface area contributed by atoms with Crippen molar-refractivity contribution in [2.75, 3.05) is 0 Å². The van der Waals surface area contributed by atoms with Gasteiger partial charge in [-0.25, -0.2) is 4.52 Å². The average Bonchev–Trinajstić information content (AvgIpc) is 3.19. The number of carbonyl (C=O) groups is 1. The van der Waals surface area contributed by atoms with Crippen molar-refractivity contribution in [3.8, 4) is 0 Å². The highest BCUT2D eigenvalue weighted by molar-refractivity contribution is 7.10. The van der Waals surface area contributed by atoms with E-state index >= 15 is 0 Å². The van der Waals surface area contributed by atoms with Gasteiger partial charge in [-0.1, -0.05) is 6.07 Å². The van der Waals surface area contributed by atoms with E-state index in [1.165, 1.54) is 4.52 Å². The van der Waals surface area contributed by atoms with Gasteiger partial charge < -0.3 is 10.4 Å². The molecule has 0 spiro atoms. The molecule has 0 aliphatic heterocycles. The molecule has 0 bridgehead atoms. The summed E-state index contributed by atoms with van der Waals surface area (Å²) in [6.07, 6.45) is 2.85. The van der Waals surface area contributed by atoms with E-state index in [9.17, 15) is 9.90 Å². The molecule has 0 unspecified atom stereocenters. The van der Waals surface area contributed by atoms with Crippen molar-refractivity contribution in [2.45, 2.75) is 25.0 Å². The van der Waals surface area contributed by atoms with Crippen LogP contribution in [-0.4, -0.2) is 37.2 Å². The number of nitrogens with zero attached hydrogens (tertiary/aromatic N) is 4. The van der Waals surface area contributed by atoms with Gasteiger partial charge in [0, 0.05) is 16.6 Å². The highest BCUT2D eigenvalue weighted by atomic mass is 32.1. The number of rotatable bonds is 4. The molecule has 2 N–H and O–H groups in total. The van der Waals surface area contributed by atoms with Crippen LogP contribution in [0.25, 0.3) is 5.65 Å². The summed E-state index contributed by atoms with van der Waals surface area (Å²) in [6, 6.07) is 7.28. The Kier molecular flexibility index (Phi) is 3.55. The first-order valence-electron chi connectivity index (χ1n) is 7.41. The van der Waals surface area contributed by atoms with E-state index in [-0.39, 0.29) is 24.0 Å². The molecule has 1 fully saturated rings. The molecule has 7 nitrogen and oxygen atoms in total. The number of aliphatic hydroxyl groups is 1. The molecule has 3 heterocycles. The van der Waals surface area contributed by atoms with Crippen molar-refractivity contribution in [3.05, 3.63) is 46.3 Å². The number of carbonyl (C=O) groups excluding carboxylic acids is 1. The minimum atomic E-state index is -0.252. The second-order valence-corrected chi connectivity index (χ2v) is 6.73. The molecular formula is C15H15N5O2S. The molecule has 0 radical (unpaired) electrons. The van der Waals surface area contributed by atoms with E-state index in [4.69, 9.17) is 0 Å². The number of nitrogens with one attached hydrogen (secondary N) is 1. The lowest BCUT2D eigenvalue weighted by atomic mass is 9.76. The molecule has 0 saturated heterocycles. The van der Waals surface area contributed by atoms with Crippen molar-refractivity contribution in [1.82, 2.24) is 25.4 Å². The summed E-state index contributed by atoms with van der Waals surface area (Å²) in [6.45, 7) is 0. The lowest BCUT2D eigenvalue weighted by Crippen LogP contribution is -2.41. The maximum Gasteiger partial charge on any atom is 0.251 e. The Labute approximate surface area is 136 Å². The van der Waals surface area contributed by atoms with Crippen LogP contribution >= 0.6 is 11.3 Å². The van der Waals surface area contributed by atoms with Gasteiger partial charge in [-0.2, -0.15) is 0 Å². The molecule has 1 aliphatic rings. The Bertz CT molecular complexity index is 825. The maximum absolute atomic E-state index is 12.6. The van der Waals surface area contributed by atoms with E-state index in [2.05, 4.69) is 20.8 Å². The minimum Gasteiger partial charge on any atom is -0.393 e. The molecule has 0 aromatic carbocycles. The van der Waals surface area contributed by atoms with Crippen molar-refractivity contribution in [2.24, 2.45) is 5.92 Å². The van der Waals surface area contributed by atoms with Crippen molar-refractivity contribution < 1.29 is 9.90 Å². The second kappa shape index (κ2) is 5.71. The van der Waals surface area contributed by atoms with E-state index in [0.717, 1.165) is 17.7 Å². The quantitative estimate of drug-likeness (QED) is 0.755. The Morgan fingerprint density at radius 3 is 3.04 bits per heavy atom. The molecule has 118 valence electrons. The first-order chi connectivity index (χ1) is 11.2. The number of fused-ring (bicyclic) bond motifs is 1. The van der Waals surface area contributed by atoms with Crippen LogP contribution in [0, 0.1) is 5.92 Å². The Morgan fingerprint density at radius 2 is 2.30 bits per heavy atom. The first kappa shape index (κ1) is 14.3. The lowest BCUT2D eigenvalue weighted by molar-refractivity contribution is 0.0241. The Morgan fingerprint density at radius 1 is 1.43 bits per heavy atom. The van der Waals surface area contributed by atoms with E-state index < -0.39 is 0 Å². The smallest absolute Gasteiger partial charge is 0.251 e. The number of tetrazole rings is 1. The Hall–Kier alpha value is -2.32. The van der Waals surface area contributed by atoms with Crippen LogP contribution in [0.4, 0.5) is 0 Å². The molecule has 8 heteroatoms. The van der Waals surface area contributed by atoms with Crippen LogP contribution in [-0.2, 0) is 0 Å². The normalized spacial score (nSPS) is 21.8. The van der Waals surface area contributed by atoms with Crippen LogP contribution < -0.4 is 5.32 Å². The highest BCUT2D eigenvalue weighted by Crippen LogP contribution is 2.39. The van der Waals surface area contributed by atoms with Crippen molar-refractivity contribution in [3.63, 3.8) is 0 Å². The first-order valence-corrected chi connectivity index (χ1v) is 8.29. The third kappa shape index (κ3) is 2.71. The summed E-state index contributed by atoms with van der Waals surface area (Å²) in [5.41, 5.74) is 1.05. The van der Waals surface area contributed by atoms with Gasteiger partial charge in [0.2, 0.25) is 0 Å². The number of hydrogen-bond donors (Lipinski definition) is 2. The van der Waals surface area contributed by atoms with Gasteiger partial charge in [0.25, 0.3) is 5.91 Å². The fraction of sp³-hybridized carbons (Fsp3) is 0.333. The fourth-order valence-corrected chi connectivity index (χ4v) is 3.77. The molecule has 1 saturated carbocycles. The standard InChI is InChI=1S/C15H15N5O2S/c21-11-6-10(7-11)14(12-2-1-5-23-12)16-15(22)9-3-4-20-13(8-9)17-18-19-20/h1-5,8,10-11,14,21H,6-7H2,(H,16,22)/t10?,11?,14-/m0/s1. The van der Waals surface area contributed by atoms with Gasteiger partial charge in [0.1, 0.15) is 0 Å². The zero-order valence-corrected chi connectivity index (χ0v) is 13.0. The summed E-state index contributed by atoms with van der Waals surface area (Å²) in [4.78, 5) is 13.7. The minimum absolute atomic E-state index is 0.0712. The van der Waals surface area contributed by atoms with Gasteiger partial charge in [0.15, 0.2) is 5.65 Å². The zero-order valence-electron chi connectivity index (χ0n) is 12.2. The van der Waals surface area contributed by atoms with Crippen molar-refractivity contribution in [1.29, 1.82) is 0 Å². The van der Waals surface area contributed by atoms with E-state index in [1.807, 2.05) is 17.5 Å². The summed E-state index contributed by atoms with van der Waals surface area (Å²) < 4.78 is 1.51. The number of amides is 1. The van der Waals surface area contributed by atoms with Crippen LogP contribution in [0.15, 0.2) is 35.8 Å². The highest BCUT2D eigenvalue weighted by Gasteiger charge is 2.36. The summed E-state index contributed by atoms with van der Waals surface area (Å²) in [7, 11) is 0. The van der Waals surface area contributed by atoms with E-state index in [1.54, 1.807) is 29.7 Å². The number of aromatic nitrogens is 4. The molecule has 1 atom stereocenters. The van der Waals surface area contributed by atoms with Crippen LogP contribution in [0.1, 0.15) is 34.1 Å². The van der Waals surface area contributed by atoms with Gasteiger partial charge in [-0.05, 0) is 52.8 Å². The van der Waals surface area contributed by atoms with E-state index in [0.29, 0.717) is 11.2 Å². The molecule has 1 amide bonds. The predicted octanol–water partition coefficient (Wildman–Crippen LogP) is 1.43. The topological polar surface area (TPSA) is 92.4 Å². The third-order valence-corrected chi connectivity index (χ3v) is 5.17. The van der Waals surface area contributed by atoms with Gasteiger partial charge in [-0.15, -0.1) is 16.4 Å². The molecule has 23 heavy (non-hydrogen) atoms. The van der Waals surface area contributed by atoms with Gasteiger partial charge >= 0.3 is 0 Å². The second-order valence-electron chi connectivity index (χ2n) is 5.75. The monoisotopic (exact) mass is 329 g/mol. The van der Waals surface area contributed by atoms with Gasteiger partial charge in [-0.3, -0.25) is 4.79 Å². The van der Waals surface area contributed by atoms with Crippen LogP contribution in [0.5, 0.6) is 0 Å². The van der Waals surface area contributed by atoms with Crippen LogP contribution in [0.2, 0.25) is 0 Å². The number of aliphatic hydroxyl groups excluding tert-OH is 1. The Balaban J connectivity index is 1.56. The summed E-state index contributed by atoms with van der Waals surface area (Å²) >= 11 is 1.62. The van der Waals surface area contributed by atoms with Gasteiger partial charge in [0.05, 0.1) is 12.1 Å². The number of hydrogen-bond acceptors (Lipinski definition) is 6. The summed E-state index contributed by atoms with van der Waals surface area (Å²) in [5.74, 6) is 0.112. The maximum atomic E-state index is 12.6.